The Morgan fingerprint density at radius 1 is 1.12 bits per heavy atom. The molecule has 0 N–H and O–H groups in total. The second kappa shape index (κ2) is 8.39. The number of methoxy groups -OCH3 is 1. The predicted molar refractivity (Wildman–Crippen MR) is 101 cm³/mol. The fraction of sp³-hybridized carbons (Fsp3) is 0.286. The van der Waals surface area contributed by atoms with Crippen LogP contribution in [0, 0.1) is 17.1 Å². The molecule has 134 valence electrons. The summed E-state index contributed by atoms with van der Waals surface area (Å²) < 4.78 is 19.1. The minimum absolute atomic E-state index is 0.186. The maximum atomic E-state index is 13.9. The van der Waals surface area contributed by atoms with Crippen LogP contribution in [0.3, 0.4) is 0 Å². The molecule has 0 aliphatic carbocycles. The molecular formula is C21H22FN3O. The molecule has 0 saturated carbocycles. The molecule has 26 heavy (non-hydrogen) atoms. The second-order valence-corrected chi connectivity index (χ2v) is 6.27. The van der Waals surface area contributed by atoms with Crippen LogP contribution in [0.1, 0.15) is 5.56 Å². The first-order valence-corrected chi connectivity index (χ1v) is 8.67. The number of benzene rings is 2. The Balaban J connectivity index is 1.60. The Bertz CT molecular complexity index is 803. The second-order valence-electron chi connectivity index (χ2n) is 6.27. The number of piperazine rings is 1. The minimum atomic E-state index is -0.186. The van der Waals surface area contributed by atoms with Crippen LogP contribution in [0.15, 0.2) is 60.3 Å². The molecule has 1 heterocycles. The Morgan fingerprint density at radius 3 is 2.42 bits per heavy atom. The standard InChI is InChI=1S/C21H22FN3O/c1-26-19-8-6-17(7-9-19)14-18(15-23)16-24-10-12-25(13-11-24)21-5-3-2-4-20(21)22/h2-9,16H,10-14H2,1H3. The Labute approximate surface area is 153 Å². The van der Waals surface area contributed by atoms with Crippen LogP contribution >= 0.6 is 0 Å². The van der Waals surface area contributed by atoms with E-state index >= 15 is 0 Å². The highest BCUT2D eigenvalue weighted by Crippen LogP contribution is 2.21. The van der Waals surface area contributed by atoms with Gasteiger partial charge in [0.15, 0.2) is 0 Å². The lowest BCUT2D eigenvalue weighted by molar-refractivity contribution is 0.345. The van der Waals surface area contributed by atoms with Gasteiger partial charge in [-0.2, -0.15) is 5.26 Å². The summed E-state index contributed by atoms with van der Waals surface area (Å²) in [5.74, 6) is 0.620. The third-order valence-electron chi connectivity index (χ3n) is 4.54. The molecule has 0 aromatic heterocycles. The van der Waals surface area contributed by atoms with E-state index in [-0.39, 0.29) is 5.82 Å². The quantitative estimate of drug-likeness (QED) is 0.772. The first-order valence-electron chi connectivity index (χ1n) is 8.67. The zero-order chi connectivity index (χ0) is 18.4. The fourth-order valence-electron chi connectivity index (χ4n) is 3.10. The van der Waals surface area contributed by atoms with Gasteiger partial charge in [-0.25, -0.2) is 4.39 Å². The summed E-state index contributed by atoms with van der Waals surface area (Å²) in [6.45, 7) is 3.00. The predicted octanol–water partition coefficient (Wildman–Crippen LogP) is 3.61. The number of halogens is 1. The van der Waals surface area contributed by atoms with Crippen LogP contribution in [-0.2, 0) is 6.42 Å². The molecule has 0 unspecified atom stereocenters. The van der Waals surface area contributed by atoms with Crippen LogP contribution in [-0.4, -0.2) is 38.2 Å². The molecule has 1 aliphatic rings. The van der Waals surface area contributed by atoms with Crippen LogP contribution in [0.25, 0.3) is 0 Å². The Morgan fingerprint density at radius 2 is 1.81 bits per heavy atom. The number of ether oxygens (including phenoxy) is 1. The van der Waals surface area contributed by atoms with Crippen molar-refractivity contribution in [2.24, 2.45) is 0 Å². The molecule has 0 bridgehead atoms. The SMILES string of the molecule is COc1ccc(CC(C#N)=CN2CCN(c3ccccc3F)CC2)cc1. The third kappa shape index (κ3) is 4.34. The van der Waals surface area contributed by atoms with Gasteiger partial charge in [0.2, 0.25) is 0 Å². The fourth-order valence-corrected chi connectivity index (χ4v) is 3.10. The molecule has 2 aromatic rings. The van der Waals surface area contributed by atoms with Crippen molar-refractivity contribution in [1.82, 2.24) is 4.90 Å². The van der Waals surface area contributed by atoms with Gasteiger partial charge in [-0.3, -0.25) is 0 Å². The van der Waals surface area contributed by atoms with Gasteiger partial charge in [0.25, 0.3) is 0 Å². The summed E-state index contributed by atoms with van der Waals surface area (Å²) in [5.41, 5.74) is 2.44. The zero-order valence-electron chi connectivity index (χ0n) is 14.9. The average molecular weight is 351 g/mol. The number of hydrogen-bond acceptors (Lipinski definition) is 4. The molecule has 1 aliphatic heterocycles. The molecule has 3 rings (SSSR count). The number of hydrogen-bond donors (Lipinski definition) is 0. The molecule has 1 saturated heterocycles. The lowest BCUT2D eigenvalue weighted by Gasteiger charge is -2.35. The molecule has 0 radical (unpaired) electrons. The molecule has 2 aromatic carbocycles. The third-order valence-corrected chi connectivity index (χ3v) is 4.54. The van der Waals surface area contributed by atoms with Crippen molar-refractivity contribution in [2.75, 3.05) is 38.2 Å². The van der Waals surface area contributed by atoms with Gasteiger partial charge in [0.05, 0.1) is 18.9 Å². The number of nitriles is 1. The highest BCUT2D eigenvalue weighted by Gasteiger charge is 2.18. The smallest absolute Gasteiger partial charge is 0.146 e. The van der Waals surface area contributed by atoms with Gasteiger partial charge in [-0.1, -0.05) is 24.3 Å². The zero-order valence-corrected chi connectivity index (χ0v) is 14.9. The van der Waals surface area contributed by atoms with E-state index in [9.17, 15) is 9.65 Å². The highest BCUT2D eigenvalue weighted by atomic mass is 19.1. The highest BCUT2D eigenvalue weighted by molar-refractivity contribution is 5.48. The van der Waals surface area contributed by atoms with Crippen molar-refractivity contribution in [3.8, 4) is 11.8 Å². The van der Waals surface area contributed by atoms with Crippen LogP contribution in [0.5, 0.6) is 5.75 Å². The van der Waals surface area contributed by atoms with Gasteiger partial charge in [-0.15, -0.1) is 0 Å². The van der Waals surface area contributed by atoms with Crippen molar-refractivity contribution >= 4 is 5.69 Å². The van der Waals surface area contributed by atoms with E-state index in [4.69, 9.17) is 4.74 Å². The average Bonchev–Trinajstić information content (AvgIpc) is 2.69. The van der Waals surface area contributed by atoms with Crippen molar-refractivity contribution in [3.63, 3.8) is 0 Å². The van der Waals surface area contributed by atoms with E-state index in [1.165, 1.54) is 6.07 Å². The van der Waals surface area contributed by atoms with Gasteiger partial charge in [-0.05, 0) is 29.8 Å². The number of para-hydroxylation sites is 1. The normalized spacial score (nSPS) is 14.9. The van der Waals surface area contributed by atoms with Gasteiger partial charge < -0.3 is 14.5 Å². The Kier molecular flexibility index (Phi) is 5.75. The van der Waals surface area contributed by atoms with E-state index in [0.29, 0.717) is 12.1 Å². The van der Waals surface area contributed by atoms with Gasteiger partial charge in [0, 0.05) is 44.4 Å². The van der Waals surface area contributed by atoms with Crippen LogP contribution in [0.2, 0.25) is 0 Å². The molecule has 4 nitrogen and oxygen atoms in total. The number of anilines is 1. The van der Waals surface area contributed by atoms with E-state index in [1.54, 1.807) is 13.2 Å². The van der Waals surface area contributed by atoms with Crippen molar-refractivity contribution in [2.45, 2.75) is 6.42 Å². The number of rotatable bonds is 5. The monoisotopic (exact) mass is 351 g/mol. The molecule has 0 spiro atoms. The molecule has 0 atom stereocenters. The Hall–Kier alpha value is -3.00. The van der Waals surface area contributed by atoms with Gasteiger partial charge in [0.1, 0.15) is 11.6 Å². The van der Waals surface area contributed by atoms with E-state index in [2.05, 4.69) is 15.9 Å². The summed E-state index contributed by atoms with van der Waals surface area (Å²) >= 11 is 0. The molecule has 0 amide bonds. The summed E-state index contributed by atoms with van der Waals surface area (Å²) in [7, 11) is 1.64. The summed E-state index contributed by atoms with van der Waals surface area (Å²) in [6.07, 6.45) is 2.52. The summed E-state index contributed by atoms with van der Waals surface area (Å²) in [5, 5.41) is 9.46. The number of allylic oxidation sites excluding steroid dienone is 1. The largest absolute Gasteiger partial charge is 0.497 e. The summed E-state index contributed by atoms with van der Waals surface area (Å²) in [6, 6.07) is 16.9. The first kappa shape index (κ1) is 17.8. The maximum absolute atomic E-state index is 13.9. The van der Waals surface area contributed by atoms with Crippen LogP contribution < -0.4 is 9.64 Å². The van der Waals surface area contributed by atoms with Crippen molar-refractivity contribution < 1.29 is 9.13 Å². The molecule has 1 fully saturated rings. The maximum Gasteiger partial charge on any atom is 0.146 e. The number of nitrogens with zero attached hydrogens (tertiary/aromatic N) is 3. The van der Waals surface area contributed by atoms with E-state index in [1.807, 2.05) is 42.6 Å². The topological polar surface area (TPSA) is 39.5 Å². The van der Waals surface area contributed by atoms with Gasteiger partial charge >= 0.3 is 0 Å². The van der Waals surface area contributed by atoms with Crippen LogP contribution in [0.4, 0.5) is 10.1 Å². The van der Waals surface area contributed by atoms with Crippen molar-refractivity contribution in [3.05, 3.63) is 71.7 Å². The molecular weight excluding hydrogens is 329 g/mol. The first-order chi connectivity index (χ1) is 12.7. The minimum Gasteiger partial charge on any atom is -0.497 e. The van der Waals surface area contributed by atoms with Crippen molar-refractivity contribution in [1.29, 1.82) is 5.26 Å². The summed E-state index contributed by atoms with van der Waals surface area (Å²) in [4.78, 5) is 4.19. The molecule has 5 heteroatoms. The lowest BCUT2D eigenvalue weighted by atomic mass is 10.1. The van der Waals surface area contributed by atoms with E-state index < -0.39 is 0 Å². The lowest BCUT2D eigenvalue weighted by Crippen LogP contribution is -2.44. The van der Waals surface area contributed by atoms with E-state index in [0.717, 1.165) is 43.1 Å².